The van der Waals surface area contributed by atoms with Gasteiger partial charge < -0.3 is 45.4 Å². The second-order valence-electron chi connectivity index (χ2n) is 18.1. The van der Waals surface area contributed by atoms with Crippen LogP contribution in [0.4, 0.5) is 0 Å². The van der Waals surface area contributed by atoms with Crippen LogP contribution in [0, 0.1) is 0 Å². The quantitative estimate of drug-likeness (QED) is 0.0296. The SMILES string of the molecule is CCCCCCCCCCCCCCCCCCCCCCCCC(=O)N[C@@H](COC1OC(CO)C(O)C(O)C1O)[C@H](O)[C@H](O)CCCCCCCCCCCCCC. The van der Waals surface area contributed by atoms with Crippen molar-refractivity contribution >= 4 is 5.91 Å². The molecule has 1 fully saturated rings. The summed E-state index contributed by atoms with van der Waals surface area (Å²) >= 11 is 0. The Kier molecular flexibility index (Phi) is 38.0. The molecule has 0 saturated carbocycles. The molecule has 0 spiro atoms. The van der Waals surface area contributed by atoms with Crippen molar-refractivity contribution in [3.05, 3.63) is 0 Å². The van der Waals surface area contributed by atoms with Crippen LogP contribution in [-0.2, 0) is 14.3 Å². The second-order valence-corrected chi connectivity index (χ2v) is 18.1. The van der Waals surface area contributed by atoms with Gasteiger partial charge in [-0.3, -0.25) is 4.79 Å². The lowest BCUT2D eigenvalue weighted by Gasteiger charge is -2.40. The average Bonchev–Trinajstić information content (AvgIpc) is 3.23. The van der Waals surface area contributed by atoms with Crippen molar-refractivity contribution in [2.75, 3.05) is 13.2 Å². The van der Waals surface area contributed by atoms with E-state index < -0.39 is 55.6 Å². The van der Waals surface area contributed by atoms with Gasteiger partial charge in [0.05, 0.1) is 25.4 Å². The molecule has 0 aromatic carbocycles. The van der Waals surface area contributed by atoms with Gasteiger partial charge in [0.2, 0.25) is 5.91 Å². The minimum absolute atomic E-state index is 0.253. The van der Waals surface area contributed by atoms with Gasteiger partial charge in [-0.2, -0.15) is 0 Å². The van der Waals surface area contributed by atoms with Gasteiger partial charge in [-0.15, -0.1) is 0 Å². The van der Waals surface area contributed by atoms with Crippen LogP contribution in [0.5, 0.6) is 0 Å². The van der Waals surface area contributed by atoms with Crippen molar-refractivity contribution in [3.8, 4) is 0 Å². The summed E-state index contributed by atoms with van der Waals surface area (Å²) in [7, 11) is 0. The van der Waals surface area contributed by atoms with Gasteiger partial charge in [-0.25, -0.2) is 0 Å². The number of ether oxygens (including phenoxy) is 2. The molecule has 1 aliphatic heterocycles. The van der Waals surface area contributed by atoms with Crippen LogP contribution >= 0.6 is 0 Å². The van der Waals surface area contributed by atoms with Crippen molar-refractivity contribution in [3.63, 3.8) is 0 Å². The number of aliphatic hydroxyl groups is 6. The average molecular weight is 844 g/mol. The molecule has 1 amide bonds. The highest BCUT2D eigenvalue weighted by Gasteiger charge is 2.44. The molecule has 0 radical (unpaired) electrons. The van der Waals surface area contributed by atoms with E-state index in [2.05, 4.69) is 19.2 Å². The summed E-state index contributed by atoms with van der Waals surface area (Å²) < 4.78 is 11.2. The molecule has 0 bridgehead atoms. The van der Waals surface area contributed by atoms with E-state index in [0.717, 1.165) is 38.5 Å². The summed E-state index contributed by atoms with van der Waals surface area (Å²) in [5.74, 6) is -0.253. The lowest BCUT2D eigenvalue weighted by Crippen LogP contribution is -2.60. The number of carbonyl (C=O) groups excluding carboxylic acids is 1. The van der Waals surface area contributed by atoms with Crippen LogP contribution < -0.4 is 5.32 Å². The summed E-state index contributed by atoms with van der Waals surface area (Å²) in [5.41, 5.74) is 0. The number of nitrogens with one attached hydrogen (secondary N) is 1. The molecule has 352 valence electrons. The normalized spacial score (nSPS) is 21.1. The van der Waals surface area contributed by atoms with Gasteiger partial charge in [0.1, 0.15) is 30.5 Å². The molecule has 7 N–H and O–H groups in total. The number of hydrogen-bond donors (Lipinski definition) is 7. The van der Waals surface area contributed by atoms with Gasteiger partial charge in [0, 0.05) is 6.42 Å². The smallest absolute Gasteiger partial charge is 0.220 e. The van der Waals surface area contributed by atoms with Crippen LogP contribution in [0.2, 0.25) is 0 Å². The number of aliphatic hydroxyl groups excluding tert-OH is 6. The van der Waals surface area contributed by atoms with Gasteiger partial charge in [-0.1, -0.05) is 226 Å². The Balaban J connectivity index is 2.28. The van der Waals surface area contributed by atoms with E-state index in [1.165, 1.54) is 180 Å². The fourth-order valence-electron chi connectivity index (χ4n) is 8.44. The predicted molar refractivity (Wildman–Crippen MR) is 241 cm³/mol. The first-order chi connectivity index (χ1) is 28.8. The highest BCUT2D eigenvalue weighted by Crippen LogP contribution is 2.23. The van der Waals surface area contributed by atoms with E-state index in [-0.39, 0.29) is 18.9 Å². The summed E-state index contributed by atoms with van der Waals surface area (Å²) in [4.78, 5) is 13.0. The molecule has 0 aromatic heterocycles. The first kappa shape index (κ1) is 56.2. The Morgan fingerprint density at radius 3 is 1.25 bits per heavy atom. The van der Waals surface area contributed by atoms with Crippen LogP contribution in [0.25, 0.3) is 0 Å². The number of unbranched alkanes of at least 4 members (excludes halogenated alkanes) is 32. The molecule has 1 aliphatic rings. The predicted octanol–water partition coefficient (Wildman–Crippen LogP) is 10.1. The van der Waals surface area contributed by atoms with Crippen LogP contribution in [-0.4, -0.2) is 98.7 Å². The topological polar surface area (TPSA) is 169 Å². The third-order valence-electron chi connectivity index (χ3n) is 12.6. The molecule has 10 nitrogen and oxygen atoms in total. The van der Waals surface area contributed by atoms with E-state index in [1.807, 2.05) is 0 Å². The molecular formula is C49H97NO9. The summed E-state index contributed by atoms with van der Waals surface area (Å²) in [6.07, 6.45) is 34.0. The minimum atomic E-state index is -1.60. The third-order valence-corrected chi connectivity index (χ3v) is 12.6. The molecule has 1 rings (SSSR count). The van der Waals surface area contributed by atoms with Crippen molar-refractivity contribution in [2.24, 2.45) is 0 Å². The molecular weight excluding hydrogens is 747 g/mol. The van der Waals surface area contributed by atoms with E-state index in [4.69, 9.17) is 9.47 Å². The minimum Gasteiger partial charge on any atom is -0.394 e. The zero-order chi connectivity index (χ0) is 43.2. The molecule has 0 aliphatic carbocycles. The number of amides is 1. The molecule has 5 unspecified atom stereocenters. The lowest BCUT2D eigenvalue weighted by molar-refractivity contribution is -0.303. The maximum atomic E-state index is 13.0. The van der Waals surface area contributed by atoms with E-state index in [1.54, 1.807) is 0 Å². The molecule has 59 heavy (non-hydrogen) atoms. The Labute approximate surface area is 362 Å². The van der Waals surface area contributed by atoms with Crippen LogP contribution in [0.3, 0.4) is 0 Å². The maximum absolute atomic E-state index is 13.0. The molecule has 8 atom stereocenters. The number of rotatable bonds is 43. The van der Waals surface area contributed by atoms with Crippen molar-refractivity contribution < 1.29 is 44.9 Å². The van der Waals surface area contributed by atoms with Gasteiger partial charge in [0.25, 0.3) is 0 Å². The van der Waals surface area contributed by atoms with Crippen molar-refractivity contribution in [1.82, 2.24) is 5.32 Å². The van der Waals surface area contributed by atoms with Gasteiger partial charge in [-0.05, 0) is 12.8 Å². The molecule has 0 aromatic rings. The van der Waals surface area contributed by atoms with Crippen molar-refractivity contribution in [2.45, 2.75) is 294 Å². The van der Waals surface area contributed by atoms with E-state index in [9.17, 15) is 35.4 Å². The monoisotopic (exact) mass is 844 g/mol. The van der Waals surface area contributed by atoms with Gasteiger partial charge >= 0.3 is 0 Å². The fourth-order valence-corrected chi connectivity index (χ4v) is 8.44. The first-order valence-electron chi connectivity index (χ1n) is 25.3. The second kappa shape index (κ2) is 40.0. The van der Waals surface area contributed by atoms with E-state index in [0.29, 0.717) is 6.42 Å². The highest BCUT2D eigenvalue weighted by molar-refractivity contribution is 5.76. The summed E-state index contributed by atoms with van der Waals surface area (Å²) in [5, 5.41) is 65.2. The van der Waals surface area contributed by atoms with Crippen LogP contribution in [0.1, 0.15) is 245 Å². The Bertz CT molecular complexity index is 911. The van der Waals surface area contributed by atoms with Crippen LogP contribution in [0.15, 0.2) is 0 Å². The fraction of sp³-hybridized carbons (Fsp3) is 0.980. The molecule has 1 saturated heterocycles. The first-order valence-corrected chi connectivity index (χ1v) is 25.3. The highest BCUT2D eigenvalue weighted by atomic mass is 16.7. The summed E-state index contributed by atoms with van der Waals surface area (Å²) in [6, 6.07) is -0.984. The summed E-state index contributed by atoms with van der Waals surface area (Å²) in [6.45, 7) is 3.63. The maximum Gasteiger partial charge on any atom is 0.220 e. The number of hydrogen-bond acceptors (Lipinski definition) is 9. The molecule has 10 heteroatoms. The largest absolute Gasteiger partial charge is 0.394 e. The zero-order valence-electron chi connectivity index (χ0n) is 38.4. The Hall–Kier alpha value is -0.850. The third kappa shape index (κ3) is 30.0. The van der Waals surface area contributed by atoms with E-state index >= 15 is 0 Å². The molecule has 1 heterocycles. The van der Waals surface area contributed by atoms with Crippen molar-refractivity contribution in [1.29, 1.82) is 0 Å². The lowest BCUT2D eigenvalue weighted by atomic mass is 9.98. The van der Waals surface area contributed by atoms with Gasteiger partial charge in [0.15, 0.2) is 6.29 Å². The number of carbonyl (C=O) groups is 1. The Morgan fingerprint density at radius 2 is 0.881 bits per heavy atom. The standard InChI is InChI=1S/C49H97NO9/c1-3-5-7-9-11-13-15-17-18-19-20-21-22-23-24-25-26-28-30-32-34-36-38-44(53)50-41(40-58-49-48(57)47(56)46(55)43(39-51)59-49)45(54)42(52)37-35-33-31-29-27-16-14-12-10-8-6-4-2/h41-43,45-49,51-52,54-57H,3-40H2,1-2H3,(H,50,53)/t41-,42+,43?,45-,46?,47?,48?,49?/m0/s1. The zero-order valence-corrected chi connectivity index (χ0v) is 38.4. The Morgan fingerprint density at radius 1 is 0.525 bits per heavy atom.